The highest BCUT2D eigenvalue weighted by molar-refractivity contribution is 5.88. The molecule has 1 aliphatic carbocycles. The summed E-state index contributed by atoms with van der Waals surface area (Å²) in [6.07, 6.45) is 4.37. The van der Waals surface area contributed by atoms with Gasteiger partial charge in [0.15, 0.2) is 5.69 Å². The lowest BCUT2D eigenvalue weighted by Gasteiger charge is -2.21. The molecule has 1 fully saturated rings. The number of aliphatic hydroxyl groups is 1. The lowest BCUT2D eigenvalue weighted by molar-refractivity contribution is 0.0380. The normalized spacial score (nSPS) is 22.8. The summed E-state index contributed by atoms with van der Waals surface area (Å²) >= 11 is 0. The summed E-state index contributed by atoms with van der Waals surface area (Å²) in [5.41, 5.74) is 0.853. The fraction of sp³-hybridized carbons (Fsp3) is 0.786. The van der Waals surface area contributed by atoms with E-state index in [9.17, 15) is 9.90 Å². The van der Waals surface area contributed by atoms with Crippen LogP contribution in [0.3, 0.4) is 0 Å². The van der Waals surface area contributed by atoms with E-state index < -0.39 is 12.1 Å². The zero-order chi connectivity index (χ0) is 15.2. The maximum atomic E-state index is 11.9. The molecule has 118 valence electrons. The molecule has 2 atom stereocenters. The van der Waals surface area contributed by atoms with Gasteiger partial charge >= 0.3 is 5.97 Å². The minimum atomic E-state index is -0.501. The van der Waals surface area contributed by atoms with Crippen LogP contribution in [0.1, 0.15) is 54.3 Å². The lowest BCUT2D eigenvalue weighted by Crippen LogP contribution is -2.25. The Morgan fingerprint density at radius 3 is 2.86 bits per heavy atom. The van der Waals surface area contributed by atoms with Gasteiger partial charge in [0, 0.05) is 7.11 Å². The molecule has 1 aromatic rings. The summed E-state index contributed by atoms with van der Waals surface area (Å²) in [6, 6.07) is -0.111. The Hall–Kier alpha value is -1.47. The molecule has 0 aliphatic heterocycles. The summed E-state index contributed by atoms with van der Waals surface area (Å²) in [6.45, 7) is 2.32. The standard InChI is InChI=1S/C14H23N3O4/c1-10-13(14(19)21-9-8-20-2)15-16-17(10)11-6-4-3-5-7-12(11)18/h11-12,18H,3-9H2,1-2H3. The van der Waals surface area contributed by atoms with Crippen LogP contribution >= 0.6 is 0 Å². The monoisotopic (exact) mass is 297 g/mol. The van der Waals surface area contributed by atoms with Crippen molar-refractivity contribution in [3.05, 3.63) is 11.4 Å². The minimum absolute atomic E-state index is 0.111. The van der Waals surface area contributed by atoms with Gasteiger partial charge < -0.3 is 14.6 Å². The first-order valence-corrected chi connectivity index (χ1v) is 7.41. The molecule has 1 aromatic heterocycles. The number of carbonyl (C=O) groups excluding carboxylic acids is 1. The molecule has 0 spiro atoms. The smallest absolute Gasteiger partial charge is 0.360 e. The van der Waals surface area contributed by atoms with E-state index >= 15 is 0 Å². The van der Waals surface area contributed by atoms with Gasteiger partial charge in [-0.3, -0.25) is 0 Å². The van der Waals surface area contributed by atoms with Crippen LogP contribution in [0.5, 0.6) is 0 Å². The van der Waals surface area contributed by atoms with Crippen molar-refractivity contribution in [2.24, 2.45) is 0 Å². The topological polar surface area (TPSA) is 86.5 Å². The number of carbonyl (C=O) groups is 1. The number of aromatic nitrogens is 3. The van der Waals surface area contributed by atoms with Crippen molar-refractivity contribution >= 4 is 5.97 Å². The number of methoxy groups -OCH3 is 1. The number of hydrogen-bond acceptors (Lipinski definition) is 6. The van der Waals surface area contributed by atoms with Crippen molar-refractivity contribution in [3.63, 3.8) is 0 Å². The Balaban J connectivity index is 2.10. The Labute approximate surface area is 124 Å². The number of nitrogens with zero attached hydrogens (tertiary/aromatic N) is 3. The van der Waals surface area contributed by atoms with E-state index in [1.807, 2.05) is 0 Å². The second-order valence-electron chi connectivity index (χ2n) is 5.37. The predicted octanol–water partition coefficient (Wildman–Crippen LogP) is 1.26. The maximum Gasteiger partial charge on any atom is 0.360 e. The van der Waals surface area contributed by atoms with Crippen LogP contribution < -0.4 is 0 Å². The van der Waals surface area contributed by atoms with Gasteiger partial charge in [0.05, 0.1) is 24.4 Å². The predicted molar refractivity (Wildman–Crippen MR) is 75.0 cm³/mol. The van der Waals surface area contributed by atoms with E-state index in [0.29, 0.717) is 12.3 Å². The first-order chi connectivity index (χ1) is 10.1. The summed E-state index contributed by atoms with van der Waals surface area (Å²) in [5.74, 6) is -0.501. The molecule has 1 heterocycles. The molecule has 0 aromatic carbocycles. The Morgan fingerprint density at radius 2 is 2.10 bits per heavy atom. The number of esters is 1. The van der Waals surface area contributed by atoms with Crippen LogP contribution in [0.25, 0.3) is 0 Å². The van der Waals surface area contributed by atoms with Crippen molar-refractivity contribution in [1.82, 2.24) is 15.0 Å². The Bertz CT molecular complexity index is 475. The Morgan fingerprint density at radius 1 is 1.33 bits per heavy atom. The van der Waals surface area contributed by atoms with E-state index in [1.165, 1.54) is 0 Å². The van der Waals surface area contributed by atoms with Gasteiger partial charge in [-0.1, -0.05) is 24.5 Å². The van der Waals surface area contributed by atoms with E-state index in [0.717, 1.165) is 32.1 Å². The molecule has 0 saturated heterocycles. The van der Waals surface area contributed by atoms with Gasteiger partial charge in [0.1, 0.15) is 6.61 Å². The third-order valence-electron chi connectivity index (χ3n) is 3.90. The van der Waals surface area contributed by atoms with E-state index in [4.69, 9.17) is 9.47 Å². The maximum absolute atomic E-state index is 11.9. The highest BCUT2D eigenvalue weighted by Crippen LogP contribution is 2.28. The third-order valence-corrected chi connectivity index (χ3v) is 3.90. The fourth-order valence-electron chi connectivity index (χ4n) is 2.68. The fourth-order valence-corrected chi connectivity index (χ4v) is 2.68. The Kier molecular flexibility index (Phi) is 5.69. The van der Waals surface area contributed by atoms with E-state index in [-0.39, 0.29) is 18.3 Å². The molecule has 1 aliphatic rings. The van der Waals surface area contributed by atoms with Crippen molar-refractivity contribution in [3.8, 4) is 0 Å². The van der Waals surface area contributed by atoms with Gasteiger partial charge in [-0.2, -0.15) is 0 Å². The molecular formula is C14H23N3O4. The van der Waals surface area contributed by atoms with Crippen LogP contribution in [-0.2, 0) is 9.47 Å². The molecule has 0 bridgehead atoms. The average Bonchev–Trinajstić information content (AvgIpc) is 2.71. The molecule has 1 saturated carbocycles. The van der Waals surface area contributed by atoms with Crippen molar-refractivity contribution < 1.29 is 19.4 Å². The van der Waals surface area contributed by atoms with Crippen molar-refractivity contribution in [2.45, 2.75) is 51.2 Å². The van der Waals surface area contributed by atoms with Gasteiger partial charge in [0.25, 0.3) is 0 Å². The number of ether oxygens (including phenoxy) is 2. The lowest BCUT2D eigenvalue weighted by atomic mass is 10.1. The highest BCUT2D eigenvalue weighted by atomic mass is 16.6. The van der Waals surface area contributed by atoms with Crippen molar-refractivity contribution in [1.29, 1.82) is 0 Å². The molecule has 7 nitrogen and oxygen atoms in total. The third kappa shape index (κ3) is 3.79. The second kappa shape index (κ2) is 7.51. The summed E-state index contributed by atoms with van der Waals surface area (Å²) < 4.78 is 11.6. The first kappa shape index (κ1) is 15.9. The van der Waals surface area contributed by atoms with Crippen LogP contribution in [0, 0.1) is 6.92 Å². The average molecular weight is 297 g/mol. The molecular weight excluding hydrogens is 274 g/mol. The summed E-state index contributed by atoms with van der Waals surface area (Å²) in [5, 5.41) is 18.2. The molecule has 2 unspecified atom stereocenters. The quantitative estimate of drug-likeness (QED) is 0.500. The van der Waals surface area contributed by atoms with Crippen LogP contribution in [0.15, 0.2) is 0 Å². The molecule has 0 amide bonds. The largest absolute Gasteiger partial charge is 0.458 e. The van der Waals surface area contributed by atoms with Crippen LogP contribution in [-0.4, -0.2) is 52.5 Å². The second-order valence-corrected chi connectivity index (χ2v) is 5.37. The molecule has 2 rings (SSSR count). The molecule has 1 N–H and O–H groups in total. The van der Waals surface area contributed by atoms with Crippen LogP contribution in [0.2, 0.25) is 0 Å². The number of hydrogen-bond donors (Lipinski definition) is 1. The van der Waals surface area contributed by atoms with Gasteiger partial charge in [-0.15, -0.1) is 5.10 Å². The molecule has 7 heteroatoms. The number of aliphatic hydroxyl groups excluding tert-OH is 1. The zero-order valence-electron chi connectivity index (χ0n) is 12.6. The van der Waals surface area contributed by atoms with E-state index in [1.54, 1.807) is 18.7 Å². The SMILES string of the molecule is COCCOC(=O)c1nnn(C2CCCCCC2O)c1C. The summed E-state index contributed by atoms with van der Waals surface area (Å²) in [4.78, 5) is 11.9. The van der Waals surface area contributed by atoms with Gasteiger partial charge in [-0.25, -0.2) is 9.48 Å². The van der Waals surface area contributed by atoms with Crippen LogP contribution in [0.4, 0.5) is 0 Å². The zero-order valence-corrected chi connectivity index (χ0v) is 12.6. The molecule has 0 radical (unpaired) electrons. The summed E-state index contributed by atoms with van der Waals surface area (Å²) in [7, 11) is 1.54. The van der Waals surface area contributed by atoms with E-state index in [2.05, 4.69) is 10.3 Å². The van der Waals surface area contributed by atoms with Gasteiger partial charge in [-0.05, 0) is 19.8 Å². The first-order valence-electron chi connectivity index (χ1n) is 7.41. The highest BCUT2D eigenvalue weighted by Gasteiger charge is 2.28. The number of rotatable bonds is 5. The molecule has 21 heavy (non-hydrogen) atoms. The van der Waals surface area contributed by atoms with Gasteiger partial charge in [0.2, 0.25) is 0 Å². The van der Waals surface area contributed by atoms with Crippen molar-refractivity contribution in [2.75, 3.05) is 20.3 Å². The minimum Gasteiger partial charge on any atom is -0.458 e.